The predicted molar refractivity (Wildman–Crippen MR) is 128 cm³/mol. The van der Waals surface area contributed by atoms with Gasteiger partial charge in [0, 0.05) is 4.90 Å². The van der Waals surface area contributed by atoms with Gasteiger partial charge in [-0.25, -0.2) is 4.98 Å². The molecule has 0 atom stereocenters. The third-order valence-corrected chi connectivity index (χ3v) is 6.59. The predicted octanol–water partition coefficient (Wildman–Crippen LogP) is 6.54. The molecule has 0 aliphatic carbocycles. The Kier molecular flexibility index (Phi) is 7.10. The van der Waals surface area contributed by atoms with Crippen molar-refractivity contribution < 1.29 is 23.0 Å². The fourth-order valence-corrected chi connectivity index (χ4v) is 4.84. The molecule has 0 saturated carbocycles. The minimum Gasteiger partial charge on any atom is -0.493 e. The molecular formula is C24H20F2N2O3S2. The van der Waals surface area contributed by atoms with Gasteiger partial charge < -0.3 is 9.47 Å². The van der Waals surface area contributed by atoms with E-state index in [4.69, 9.17) is 9.47 Å². The first-order valence-corrected chi connectivity index (χ1v) is 11.6. The number of para-hydroxylation sites is 1. The maximum absolute atomic E-state index is 13.5. The van der Waals surface area contributed by atoms with E-state index in [2.05, 4.69) is 4.98 Å². The summed E-state index contributed by atoms with van der Waals surface area (Å²) >= 11 is 1.85. The number of methoxy groups -OCH3 is 2. The molecule has 0 spiro atoms. The molecule has 1 amide bonds. The quantitative estimate of drug-likeness (QED) is 0.265. The Morgan fingerprint density at radius 1 is 1.03 bits per heavy atom. The highest BCUT2D eigenvalue weighted by molar-refractivity contribution is 7.99. The zero-order valence-electron chi connectivity index (χ0n) is 17.8. The number of nitrogens with zero attached hydrogens (tertiary/aromatic N) is 2. The monoisotopic (exact) mass is 486 g/mol. The standard InChI is InChI=1S/C24H20F2N2O3S2/c1-30-19-12-7-15(13-20(19)31-2)14-22(29)28(16-8-10-17(11-9-16)32-23(25)26)24-27-18-5-3-4-6-21(18)33-24/h3-13,23H,14H2,1-2H3. The number of alkyl halides is 2. The van der Waals surface area contributed by atoms with Crippen LogP contribution in [0.5, 0.6) is 11.5 Å². The van der Waals surface area contributed by atoms with E-state index < -0.39 is 5.76 Å². The summed E-state index contributed by atoms with van der Waals surface area (Å²) in [7, 11) is 3.09. The van der Waals surface area contributed by atoms with Gasteiger partial charge in [-0.1, -0.05) is 41.3 Å². The van der Waals surface area contributed by atoms with Gasteiger partial charge in [-0.2, -0.15) is 8.78 Å². The van der Waals surface area contributed by atoms with E-state index in [1.54, 1.807) is 49.6 Å². The van der Waals surface area contributed by atoms with E-state index in [9.17, 15) is 13.6 Å². The largest absolute Gasteiger partial charge is 0.493 e. The Bertz CT molecular complexity index is 1230. The number of aromatic nitrogens is 1. The number of hydrogen-bond donors (Lipinski definition) is 0. The van der Waals surface area contributed by atoms with Crippen molar-refractivity contribution in [2.24, 2.45) is 0 Å². The van der Waals surface area contributed by atoms with Crippen molar-refractivity contribution >= 4 is 50.0 Å². The number of anilines is 2. The number of fused-ring (bicyclic) bond motifs is 1. The average molecular weight is 487 g/mol. The van der Waals surface area contributed by atoms with E-state index in [1.165, 1.54) is 23.3 Å². The fraction of sp³-hybridized carbons (Fsp3) is 0.167. The number of thioether (sulfide) groups is 1. The van der Waals surface area contributed by atoms with Crippen molar-refractivity contribution in [3.63, 3.8) is 0 Å². The van der Waals surface area contributed by atoms with Gasteiger partial charge in [0.25, 0.3) is 5.76 Å². The normalized spacial score (nSPS) is 11.1. The topological polar surface area (TPSA) is 51.7 Å². The van der Waals surface area contributed by atoms with Crippen LogP contribution in [0, 0.1) is 0 Å². The Hall–Kier alpha value is -3.17. The molecule has 0 N–H and O–H groups in total. The lowest BCUT2D eigenvalue weighted by atomic mass is 10.1. The molecule has 0 bridgehead atoms. The van der Waals surface area contributed by atoms with Crippen molar-refractivity contribution in [1.82, 2.24) is 4.98 Å². The van der Waals surface area contributed by atoms with Crippen molar-refractivity contribution in [1.29, 1.82) is 0 Å². The van der Waals surface area contributed by atoms with Crippen molar-refractivity contribution in [2.75, 3.05) is 19.1 Å². The second kappa shape index (κ2) is 10.2. The zero-order valence-corrected chi connectivity index (χ0v) is 19.5. The number of ether oxygens (including phenoxy) is 2. The van der Waals surface area contributed by atoms with Gasteiger partial charge in [-0.05, 0) is 54.1 Å². The van der Waals surface area contributed by atoms with Gasteiger partial charge in [0.1, 0.15) is 0 Å². The fourth-order valence-electron chi connectivity index (χ4n) is 3.34. The van der Waals surface area contributed by atoms with Crippen LogP contribution < -0.4 is 14.4 Å². The first kappa shape index (κ1) is 23.0. The Balaban J connectivity index is 1.70. The third-order valence-electron chi connectivity index (χ3n) is 4.85. The number of amides is 1. The van der Waals surface area contributed by atoms with Crippen LogP contribution in [0.15, 0.2) is 71.6 Å². The van der Waals surface area contributed by atoms with E-state index in [-0.39, 0.29) is 12.3 Å². The van der Waals surface area contributed by atoms with Crippen molar-refractivity contribution in [3.05, 3.63) is 72.3 Å². The smallest absolute Gasteiger partial charge is 0.288 e. The summed E-state index contributed by atoms with van der Waals surface area (Å²) in [5, 5.41) is 0.510. The summed E-state index contributed by atoms with van der Waals surface area (Å²) in [6, 6.07) is 19.4. The highest BCUT2D eigenvalue weighted by Crippen LogP contribution is 2.36. The number of carbonyl (C=O) groups excluding carboxylic acids is 1. The number of thiazole rings is 1. The van der Waals surface area contributed by atoms with Crippen LogP contribution in [0.3, 0.4) is 0 Å². The van der Waals surface area contributed by atoms with E-state index >= 15 is 0 Å². The summed E-state index contributed by atoms with van der Waals surface area (Å²) in [6.07, 6.45) is 0.0871. The number of rotatable bonds is 8. The van der Waals surface area contributed by atoms with Crippen molar-refractivity contribution in [3.8, 4) is 11.5 Å². The summed E-state index contributed by atoms with van der Waals surface area (Å²) in [6.45, 7) is 0. The zero-order chi connectivity index (χ0) is 23.4. The first-order chi connectivity index (χ1) is 16.0. The van der Waals surface area contributed by atoms with Gasteiger partial charge in [0.2, 0.25) is 5.91 Å². The van der Waals surface area contributed by atoms with Gasteiger partial charge in [0.05, 0.1) is 36.5 Å². The summed E-state index contributed by atoms with van der Waals surface area (Å²) in [5.41, 5.74) is 2.08. The Morgan fingerprint density at radius 3 is 2.42 bits per heavy atom. The van der Waals surface area contributed by atoms with Crippen LogP contribution in [0.2, 0.25) is 0 Å². The molecule has 4 aromatic rings. The number of halogens is 2. The molecular weight excluding hydrogens is 466 g/mol. The van der Waals surface area contributed by atoms with Gasteiger partial charge >= 0.3 is 0 Å². The van der Waals surface area contributed by atoms with E-state index in [1.807, 2.05) is 24.3 Å². The Morgan fingerprint density at radius 2 is 1.76 bits per heavy atom. The maximum atomic E-state index is 13.5. The number of benzene rings is 3. The molecule has 4 rings (SSSR count). The van der Waals surface area contributed by atoms with E-state index in [0.717, 1.165) is 15.8 Å². The number of hydrogen-bond acceptors (Lipinski definition) is 6. The molecule has 3 aromatic carbocycles. The average Bonchev–Trinajstić information content (AvgIpc) is 3.23. The second-order valence-electron chi connectivity index (χ2n) is 6.93. The minimum absolute atomic E-state index is 0.0871. The molecule has 0 aliphatic rings. The molecule has 5 nitrogen and oxygen atoms in total. The maximum Gasteiger partial charge on any atom is 0.288 e. The molecule has 0 saturated heterocycles. The van der Waals surface area contributed by atoms with Gasteiger partial charge in [0.15, 0.2) is 16.6 Å². The molecule has 0 aliphatic heterocycles. The molecule has 170 valence electrons. The summed E-state index contributed by atoms with van der Waals surface area (Å²) < 4.78 is 37.0. The van der Waals surface area contributed by atoms with Gasteiger partial charge in [-0.3, -0.25) is 9.69 Å². The first-order valence-electron chi connectivity index (χ1n) is 9.93. The summed E-state index contributed by atoms with van der Waals surface area (Å²) in [4.78, 5) is 20.1. The second-order valence-corrected chi connectivity index (χ2v) is 9.00. The third kappa shape index (κ3) is 5.26. The Labute approximate surface area is 198 Å². The van der Waals surface area contributed by atoms with E-state index in [0.29, 0.717) is 39.0 Å². The molecule has 9 heteroatoms. The molecule has 0 radical (unpaired) electrons. The highest BCUT2D eigenvalue weighted by Gasteiger charge is 2.23. The summed E-state index contributed by atoms with van der Waals surface area (Å²) in [5.74, 6) is -1.62. The molecule has 1 heterocycles. The minimum atomic E-state index is -2.51. The number of carbonyl (C=O) groups is 1. The van der Waals surface area contributed by atoms with Crippen LogP contribution >= 0.6 is 23.1 Å². The van der Waals surface area contributed by atoms with Gasteiger partial charge in [-0.15, -0.1) is 0 Å². The lowest BCUT2D eigenvalue weighted by molar-refractivity contribution is -0.117. The van der Waals surface area contributed by atoms with Crippen LogP contribution in [0.1, 0.15) is 5.56 Å². The molecule has 1 aromatic heterocycles. The molecule has 0 unspecified atom stereocenters. The SMILES string of the molecule is COc1ccc(CC(=O)N(c2ccc(SC(F)F)cc2)c2nc3ccccc3s2)cc1OC. The van der Waals surface area contributed by atoms with Crippen LogP contribution in [0.4, 0.5) is 19.6 Å². The molecule has 0 fully saturated rings. The van der Waals surface area contributed by atoms with Crippen LogP contribution in [-0.2, 0) is 11.2 Å². The molecule has 33 heavy (non-hydrogen) atoms. The van der Waals surface area contributed by atoms with Crippen LogP contribution in [0.25, 0.3) is 10.2 Å². The lowest BCUT2D eigenvalue weighted by Crippen LogP contribution is -2.27. The van der Waals surface area contributed by atoms with Crippen LogP contribution in [-0.4, -0.2) is 30.9 Å². The highest BCUT2D eigenvalue weighted by atomic mass is 32.2. The lowest BCUT2D eigenvalue weighted by Gasteiger charge is -2.21. The van der Waals surface area contributed by atoms with Crippen molar-refractivity contribution in [2.45, 2.75) is 17.1 Å².